The predicted octanol–water partition coefficient (Wildman–Crippen LogP) is 1.01. The first kappa shape index (κ1) is 20.1. The van der Waals surface area contributed by atoms with E-state index in [1.165, 1.54) is 5.69 Å². The highest BCUT2D eigenvalue weighted by atomic mass is 32.2. The van der Waals surface area contributed by atoms with Gasteiger partial charge in [0.15, 0.2) is 6.29 Å². The average Bonchev–Trinajstić information content (AvgIpc) is 2.68. The third kappa shape index (κ3) is 5.69. The van der Waals surface area contributed by atoms with Crippen LogP contribution in [0.15, 0.2) is 29.2 Å². The molecule has 0 amide bonds. The van der Waals surface area contributed by atoms with Crippen LogP contribution in [0.1, 0.15) is 12.0 Å². The lowest BCUT2D eigenvalue weighted by Gasteiger charge is -2.34. The van der Waals surface area contributed by atoms with E-state index in [0.717, 1.165) is 43.7 Å². The maximum Gasteiger partial charge on any atom is 0.171 e. The van der Waals surface area contributed by atoms with Gasteiger partial charge < -0.3 is 24.7 Å². The molecule has 7 nitrogen and oxygen atoms in total. The summed E-state index contributed by atoms with van der Waals surface area (Å²) in [6.07, 6.45) is 0.594. The van der Waals surface area contributed by atoms with Crippen LogP contribution in [0, 0.1) is 11.3 Å². The molecule has 0 aliphatic carbocycles. The molecule has 0 spiro atoms. The highest BCUT2D eigenvalue weighted by Crippen LogP contribution is 2.22. The van der Waals surface area contributed by atoms with Crippen LogP contribution in [0.4, 0.5) is 5.69 Å². The van der Waals surface area contributed by atoms with Crippen LogP contribution < -0.4 is 9.62 Å². The van der Waals surface area contributed by atoms with Gasteiger partial charge in [-0.05, 0) is 49.2 Å². The van der Waals surface area contributed by atoms with Crippen molar-refractivity contribution < 1.29 is 14.9 Å². The first-order chi connectivity index (χ1) is 13.0. The minimum absolute atomic E-state index is 0.130. The fraction of sp³-hybridized carbons (Fsp3) is 0.526. The minimum atomic E-state index is -0.983. The van der Waals surface area contributed by atoms with Crippen LogP contribution in [0.2, 0.25) is 0 Å². The minimum Gasteiger partial charge on any atom is -0.391 e. The fourth-order valence-electron chi connectivity index (χ4n) is 3.13. The summed E-state index contributed by atoms with van der Waals surface area (Å²) in [4.78, 5) is 5.17. The third-order valence-electron chi connectivity index (χ3n) is 4.82. The maximum absolute atomic E-state index is 9.81. The normalized spacial score (nSPS) is 27.4. The van der Waals surface area contributed by atoms with Gasteiger partial charge in [0.25, 0.3) is 0 Å². The molecule has 3 N–H and O–H groups in total. The van der Waals surface area contributed by atoms with E-state index in [1.807, 2.05) is 12.1 Å². The lowest BCUT2D eigenvalue weighted by atomic mass is 10.1. The van der Waals surface area contributed by atoms with Gasteiger partial charge in [-0.1, -0.05) is 12.1 Å². The van der Waals surface area contributed by atoms with Crippen molar-refractivity contribution in [1.82, 2.24) is 9.62 Å². The molecule has 2 saturated heterocycles. The Kier molecular flexibility index (Phi) is 7.13. The first-order valence-electron chi connectivity index (χ1n) is 9.10. The van der Waals surface area contributed by atoms with E-state index in [9.17, 15) is 15.5 Å². The number of hydrogen-bond acceptors (Lipinski definition) is 8. The third-order valence-corrected chi connectivity index (χ3v) is 5.67. The summed E-state index contributed by atoms with van der Waals surface area (Å²) in [6.45, 7) is 4.30. The number of nitriles is 1. The van der Waals surface area contributed by atoms with Gasteiger partial charge >= 0.3 is 0 Å². The van der Waals surface area contributed by atoms with Gasteiger partial charge in [0.1, 0.15) is 11.0 Å². The molecular weight excluding hydrogens is 364 g/mol. The number of piperazine rings is 1. The second kappa shape index (κ2) is 9.55. The van der Waals surface area contributed by atoms with E-state index in [-0.39, 0.29) is 6.61 Å². The van der Waals surface area contributed by atoms with Crippen molar-refractivity contribution in [2.24, 2.45) is 0 Å². The van der Waals surface area contributed by atoms with E-state index in [1.54, 1.807) is 6.08 Å². The van der Waals surface area contributed by atoms with Crippen LogP contribution in [0.3, 0.4) is 0 Å². The number of nitrogens with zero attached hydrogens (tertiary/aromatic N) is 3. The summed E-state index contributed by atoms with van der Waals surface area (Å²) in [7, 11) is 2.14. The molecule has 0 radical (unpaired) electrons. The lowest BCUT2D eigenvalue weighted by molar-refractivity contribution is -0.168. The van der Waals surface area contributed by atoms with Gasteiger partial charge in [-0.15, -0.1) is 0 Å². The number of nitrogens with one attached hydrogen (secondary N) is 1. The molecule has 0 aromatic heterocycles. The molecule has 3 rings (SSSR count). The highest BCUT2D eigenvalue weighted by molar-refractivity contribution is 8.01. The Morgan fingerprint density at radius 2 is 1.96 bits per heavy atom. The smallest absolute Gasteiger partial charge is 0.171 e. The fourth-order valence-corrected chi connectivity index (χ4v) is 3.86. The Morgan fingerprint density at radius 1 is 1.26 bits per heavy atom. The molecule has 1 aromatic rings. The zero-order valence-corrected chi connectivity index (χ0v) is 16.2. The zero-order chi connectivity index (χ0) is 19.2. The largest absolute Gasteiger partial charge is 0.391 e. The van der Waals surface area contributed by atoms with Crippen molar-refractivity contribution in [3.8, 4) is 6.07 Å². The Bertz CT molecular complexity index is 683. The van der Waals surface area contributed by atoms with Crippen molar-refractivity contribution >= 4 is 23.7 Å². The molecular formula is C19H26N4O3S. The Morgan fingerprint density at radius 3 is 2.63 bits per heavy atom. The Balaban J connectivity index is 1.57. The summed E-state index contributed by atoms with van der Waals surface area (Å²) in [6, 6.07) is 9.92. The summed E-state index contributed by atoms with van der Waals surface area (Å²) < 4.78 is 8.10. The molecule has 2 heterocycles. The van der Waals surface area contributed by atoms with Gasteiger partial charge in [0.2, 0.25) is 0 Å². The summed E-state index contributed by atoms with van der Waals surface area (Å²) in [5, 5.41) is 28.8. The van der Waals surface area contributed by atoms with E-state index < -0.39 is 18.4 Å². The Labute approximate surface area is 164 Å². The van der Waals surface area contributed by atoms with Gasteiger partial charge in [-0.25, -0.2) is 0 Å². The molecule has 1 aromatic carbocycles. The number of anilines is 1. The van der Waals surface area contributed by atoms with E-state index in [4.69, 9.17) is 4.74 Å². The quantitative estimate of drug-likeness (QED) is 0.507. The molecule has 2 aliphatic heterocycles. The molecule has 3 atom stereocenters. The SMILES string of the molecule is CN1CCN(c2ccc(/C=C(\C#N)SNC3C[C@H](O)COC3O)cc2)CC1. The van der Waals surface area contributed by atoms with Crippen LogP contribution in [-0.2, 0) is 4.74 Å². The van der Waals surface area contributed by atoms with E-state index >= 15 is 0 Å². The maximum atomic E-state index is 9.81. The number of allylic oxidation sites excluding steroid dienone is 1. The predicted molar refractivity (Wildman–Crippen MR) is 107 cm³/mol. The second-order valence-electron chi connectivity index (χ2n) is 6.94. The second-order valence-corrected chi connectivity index (χ2v) is 7.82. The molecule has 146 valence electrons. The number of likely N-dealkylation sites (N-methyl/N-ethyl adjacent to an activating group) is 1. The molecule has 8 heteroatoms. The highest BCUT2D eigenvalue weighted by Gasteiger charge is 2.29. The molecule has 2 fully saturated rings. The zero-order valence-electron chi connectivity index (χ0n) is 15.4. The van der Waals surface area contributed by atoms with E-state index in [2.05, 4.69) is 39.8 Å². The lowest BCUT2D eigenvalue weighted by Crippen LogP contribution is -2.46. The van der Waals surface area contributed by atoms with Crippen molar-refractivity contribution in [1.29, 1.82) is 5.26 Å². The topological polar surface area (TPSA) is 92.0 Å². The summed E-state index contributed by atoms with van der Waals surface area (Å²) in [5.74, 6) is 0. The molecule has 0 saturated carbocycles. The molecule has 2 unspecified atom stereocenters. The van der Waals surface area contributed by atoms with Gasteiger partial charge in [-0.3, -0.25) is 4.72 Å². The first-order valence-corrected chi connectivity index (χ1v) is 9.92. The van der Waals surface area contributed by atoms with E-state index in [0.29, 0.717) is 11.3 Å². The van der Waals surface area contributed by atoms with Crippen LogP contribution in [0.5, 0.6) is 0 Å². The number of benzene rings is 1. The number of aliphatic hydroxyl groups excluding tert-OH is 2. The van der Waals surface area contributed by atoms with Crippen LogP contribution >= 0.6 is 11.9 Å². The van der Waals surface area contributed by atoms with Crippen molar-refractivity contribution in [3.05, 3.63) is 34.7 Å². The van der Waals surface area contributed by atoms with Gasteiger partial charge in [-0.2, -0.15) is 5.26 Å². The molecule has 27 heavy (non-hydrogen) atoms. The van der Waals surface area contributed by atoms with Crippen molar-refractivity contribution in [2.75, 3.05) is 44.7 Å². The van der Waals surface area contributed by atoms with Crippen molar-refractivity contribution in [3.63, 3.8) is 0 Å². The standard InChI is InChI=1S/C19H26N4O3S/c1-22-6-8-23(9-7-22)15-4-2-14(3-5-15)10-17(12-20)27-21-18-11-16(24)13-26-19(18)25/h2-5,10,16,18-19,21,24-25H,6-9,11,13H2,1H3/b17-10+/t16-,18?,19?/m0/s1. The monoisotopic (exact) mass is 390 g/mol. The average molecular weight is 391 g/mol. The van der Waals surface area contributed by atoms with Crippen LogP contribution in [-0.4, -0.2) is 73.4 Å². The summed E-state index contributed by atoms with van der Waals surface area (Å²) in [5.41, 5.74) is 2.14. The summed E-state index contributed by atoms with van der Waals surface area (Å²) >= 11 is 1.14. The molecule has 2 aliphatic rings. The number of hydrogen-bond donors (Lipinski definition) is 3. The van der Waals surface area contributed by atoms with Gasteiger partial charge in [0.05, 0.1) is 18.8 Å². The van der Waals surface area contributed by atoms with Crippen LogP contribution in [0.25, 0.3) is 6.08 Å². The van der Waals surface area contributed by atoms with Crippen molar-refractivity contribution in [2.45, 2.75) is 24.9 Å². The number of rotatable bonds is 5. The molecule has 0 bridgehead atoms. The number of aliphatic hydroxyl groups is 2. The Hall–Kier alpha value is -1.60. The van der Waals surface area contributed by atoms with Gasteiger partial charge in [0, 0.05) is 31.9 Å². The number of ether oxygens (including phenoxy) is 1.